The second-order valence-corrected chi connectivity index (χ2v) is 7.24. The van der Waals surface area contributed by atoms with Gasteiger partial charge in [0, 0.05) is 49.5 Å². The number of hydrogen-bond acceptors (Lipinski definition) is 5. The number of piperazine rings is 1. The average Bonchev–Trinajstić information content (AvgIpc) is 2.95. The number of nitrogen functional groups attached to an aromatic ring is 1. The van der Waals surface area contributed by atoms with Crippen LogP contribution >= 0.6 is 48.6 Å². The Morgan fingerprint density at radius 3 is 2.27 bits per heavy atom. The second-order valence-electron chi connectivity index (χ2n) is 5.92. The summed E-state index contributed by atoms with van der Waals surface area (Å²) in [5, 5.41) is 1.11. The first-order valence-corrected chi connectivity index (χ1v) is 8.67. The first-order valence-electron chi connectivity index (χ1n) is 7.86. The fourth-order valence-electron chi connectivity index (χ4n) is 2.78. The summed E-state index contributed by atoms with van der Waals surface area (Å²) in [6.07, 6.45) is 2.41. The maximum absolute atomic E-state index is 12.4. The van der Waals surface area contributed by atoms with Crippen molar-refractivity contribution in [1.29, 1.82) is 0 Å². The molecule has 0 aliphatic carbocycles. The molecule has 1 fully saturated rings. The predicted molar refractivity (Wildman–Crippen MR) is 115 cm³/mol. The molecular formula is C17H25Cl3N4OS. The molecule has 0 bridgehead atoms. The van der Waals surface area contributed by atoms with Gasteiger partial charge in [0.25, 0.3) is 0 Å². The molecule has 2 N–H and O–H groups in total. The summed E-state index contributed by atoms with van der Waals surface area (Å²) in [6.45, 7) is 6.40. The Balaban J connectivity index is 0.00000208. The van der Waals surface area contributed by atoms with Gasteiger partial charge < -0.3 is 10.6 Å². The van der Waals surface area contributed by atoms with E-state index in [9.17, 15) is 4.79 Å². The van der Waals surface area contributed by atoms with Crippen LogP contribution in [-0.4, -0.2) is 46.9 Å². The number of benzene rings is 1. The molecule has 146 valence electrons. The number of aromatic nitrogens is 1. The lowest BCUT2D eigenvalue weighted by Gasteiger charge is -2.34. The largest absolute Gasteiger partial charge is 0.399 e. The summed E-state index contributed by atoms with van der Waals surface area (Å²) < 4.78 is 0. The number of thiazole rings is 1. The first-order chi connectivity index (χ1) is 11.1. The zero-order valence-electron chi connectivity index (χ0n) is 14.6. The number of rotatable bonds is 4. The lowest BCUT2D eigenvalue weighted by molar-refractivity contribution is -0.132. The van der Waals surface area contributed by atoms with Gasteiger partial charge >= 0.3 is 0 Å². The van der Waals surface area contributed by atoms with Gasteiger partial charge in [0.1, 0.15) is 0 Å². The predicted octanol–water partition coefficient (Wildman–Crippen LogP) is 3.19. The minimum atomic E-state index is 0. The van der Waals surface area contributed by atoms with Crippen molar-refractivity contribution in [2.75, 3.05) is 31.9 Å². The molecule has 1 aromatic heterocycles. The number of anilines is 1. The van der Waals surface area contributed by atoms with E-state index in [1.165, 1.54) is 4.88 Å². The van der Waals surface area contributed by atoms with Gasteiger partial charge in [-0.2, -0.15) is 0 Å². The van der Waals surface area contributed by atoms with Gasteiger partial charge in [-0.25, -0.2) is 4.98 Å². The van der Waals surface area contributed by atoms with Crippen LogP contribution in [0.5, 0.6) is 0 Å². The van der Waals surface area contributed by atoms with Gasteiger partial charge in [-0.3, -0.25) is 9.69 Å². The van der Waals surface area contributed by atoms with E-state index in [1.807, 2.05) is 42.3 Å². The Morgan fingerprint density at radius 1 is 1.12 bits per heavy atom. The quantitative estimate of drug-likeness (QED) is 0.743. The van der Waals surface area contributed by atoms with Gasteiger partial charge in [0.05, 0.1) is 11.4 Å². The highest BCUT2D eigenvalue weighted by molar-refractivity contribution is 7.11. The molecule has 1 aliphatic heterocycles. The summed E-state index contributed by atoms with van der Waals surface area (Å²) in [5.74, 6) is 0.197. The molecule has 26 heavy (non-hydrogen) atoms. The fourth-order valence-corrected chi connectivity index (χ4v) is 3.61. The van der Waals surface area contributed by atoms with Crippen LogP contribution in [0.15, 0.2) is 30.5 Å². The Labute approximate surface area is 177 Å². The average molecular weight is 440 g/mol. The van der Waals surface area contributed by atoms with Gasteiger partial charge in [0.15, 0.2) is 0 Å². The van der Waals surface area contributed by atoms with E-state index in [2.05, 4.69) is 9.88 Å². The molecule has 1 saturated heterocycles. The Hall–Kier alpha value is -1.05. The molecular weight excluding hydrogens is 415 g/mol. The first kappa shape index (κ1) is 24.9. The molecule has 2 aromatic rings. The molecule has 2 heterocycles. The highest BCUT2D eigenvalue weighted by Crippen LogP contribution is 2.16. The molecule has 1 aromatic carbocycles. The van der Waals surface area contributed by atoms with Crippen LogP contribution in [0.4, 0.5) is 5.69 Å². The third-order valence-corrected chi connectivity index (χ3v) is 5.01. The molecule has 9 heteroatoms. The summed E-state index contributed by atoms with van der Waals surface area (Å²) in [5.41, 5.74) is 7.43. The maximum atomic E-state index is 12.4. The second kappa shape index (κ2) is 11.6. The summed E-state index contributed by atoms with van der Waals surface area (Å²) in [6, 6.07) is 7.54. The zero-order chi connectivity index (χ0) is 16.2. The third-order valence-electron chi connectivity index (χ3n) is 4.11. The summed E-state index contributed by atoms with van der Waals surface area (Å²) in [4.78, 5) is 22.3. The van der Waals surface area contributed by atoms with Crippen LogP contribution in [0.25, 0.3) is 0 Å². The molecule has 0 spiro atoms. The van der Waals surface area contributed by atoms with Crippen LogP contribution in [0.1, 0.15) is 15.4 Å². The molecule has 3 rings (SSSR count). The van der Waals surface area contributed by atoms with Crippen LogP contribution in [0, 0.1) is 6.92 Å². The van der Waals surface area contributed by atoms with Crippen LogP contribution in [-0.2, 0) is 17.8 Å². The van der Waals surface area contributed by atoms with Gasteiger partial charge in [-0.05, 0) is 24.6 Å². The lowest BCUT2D eigenvalue weighted by atomic mass is 10.1. The van der Waals surface area contributed by atoms with Crippen molar-refractivity contribution in [3.05, 3.63) is 45.9 Å². The number of hydrogen-bond donors (Lipinski definition) is 1. The monoisotopic (exact) mass is 438 g/mol. The van der Waals surface area contributed by atoms with Crippen LogP contribution in [0.2, 0.25) is 0 Å². The molecule has 0 radical (unpaired) electrons. The summed E-state index contributed by atoms with van der Waals surface area (Å²) >= 11 is 1.75. The lowest BCUT2D eigenvalue weighted by Crippen LogP contribution is -2.48. The van der Waals surface area contributed by atoms with Crippen molar-refractivity contribution < 1.29 is 4.79 Å². The number of carbonyl (C=O) groups excluding carboxylic acids is 1. The van der Waals surface area contributed by atoms with Gasteiger partial charge in [-0.1, -0.05) is 12.1 Å². The van der Waals surface area contributed by atoms with E-state index in [-0.39, 0.29) is 43.1 Å². The van der Waals surface area contributed by atoms with Crippen molar-refractivity contribution in [2.24, 2.45) is 0 Å². The minimum absolute atomic E-state index is 0. The number of amides is 1. The van der Waals surface area contributed by atoms with Crippen LogP contribution in [0.3, 0.4) is 0 Å². The summed E-state index contributed by atoms with van der Waals surface area (Å²) in [7, 11) is 0. The number of aryl methyl sites for hydroxylation is 1. The van der Waals surface area contributed by atoms with Crippen molar-refractivity contribution in [3.8, 4) is 0 Å². The Kier molecular flexibility index (Phi) is 11.1. The molecule has 0 unspecified atom stereocenters. The molecule has 0 atom stereocenters. The van der Waals surface area contributed by atoms with Gasteiger partial charge in [-0.15, -0.1) is 48.6 Å². The zero-order valence-corrected chi connectivity index (χ0v) is 17.9. The molecule has 0 saturated carbocycles. The van der Waals surface area contributed by atoms with Crippen molar-refractivity contribution in [1.82, 2.24) is 14.8 Å². The van der Waals surface area contributed by atoms with E-state index in [1.54, 1.807) is 11.3 Å². The van der Waals surface area contributed by atoms with Crippen molar-refractivity contribution in [2.45, 2.75) is 19.9 Å². The molecule has 1 amide bonds. The standard InChI is InChI=1S/C17H22N4OS.3ClH/c1-13-19-11-16(23-13)12-20-6-8-21(9-7-20)17(22)10-14-2-4-15(18)5-3-14;;;/h2-5,11H,6-10,12,18H2,1H3;3*1H. The smallest absolute Gasteiger partial charge is 0.227 e. The highest BCUT2D eigenvalue weighted by Gasteiger charge is 2.21. The number of halogens is 3. The number of carbonyl (C=O) groups is 1. The van der Waals surface area contributed by atoms with E-state index in [0.29, 0.717) is 6.42 Å². The van der Waals surface area contributed by atoms with Crippen molar-refractivity contribution >= 4 is 60.2 Å². The van der Waals surface area contributed by atoms with E-state index >= 15 is 0 Å². The molecule has 5 nitrogen and oxygen atoms in total. The van der Waals surface area contributed by atoms with E-state index in [4.69, 9.17) is 5.73 Å². The maximum Gasteiger partial charge on any atom is 0.227 e. The molecule has 1 aliphatic rings. The minimum Gasteiger partial charge on any atom is -0.399 e. The fraction of sp³-hybridized carbons (Fsp3) is 0.412. The normalized spacial score (nSPS) is 14.0. The van der Waals surface area contributed by atoms with Crippen LogP contribution < -0.4 is 5.73 Å². The SMILES string of the molecule is Cc1ncc(CN2CCN(C(=O)Cc3ccc(N)cc3)CC2)s1.Cl.Cl.Cl. The number of nitrogens with zero attached hydrogens (tertiary/aromatic N) is 3. The highest BCUT2D eigenvalue weighted by atomic mass is 35.5. The van der Waals surface area contributed by atoms with E-state index in [0.717, 1.165) is 49.0 Å². The topological polar surface area (TPSA) is 62.5 Å². The third kappa shape index (κ3) is 6.93. The number of nitrogens with two attached hydrogens (primary N) is 1. The van der Waals surface area contributed by atoms with Crippen molar-refractivity contribution in [3.63, 3.8) is 0 Å². The Bertz CT molecular complexity index is 673. The van der Waals surface area contributed by atoms with E-state index < -0.39 is 0 Å². The van der Waals surface area contributed by atoms with Gasteiger partial charge in [0.2, 0.25) is 5.91 Å². The Morgan fingerprint density at radius 2 is 1.73 bits per heavy atom.